The minimum atomic E-state index is -0.880. The zero-order valence-corrected chi connectivity index (χ0v) is 21.1. The Balaban J connectivity index is 1.38. The summed E-state index contributed by atoms with van der Waals surface area (Å²) in [5.74, 6) is -0.545. The number of nitrogens with zero attached hydrogens (tertiary/aromatic N) is 1. The zero-order valence-electron chi connectivity index (χ0n) is 19.5. The van der Waals surface area contributed by atoms with Crippen molar-refractivity contribution in [3.63, 3.8) is 0 Å². The zero-order chi connectivity index (χ0) is 25.3. The Kier molecular flexibility index (Phi) is 8.31. The summed E-state index contributed by atoms with van der Waals surface area (Å²) < 4.78 is 12.7. The molecule has 182 valence electrons. The van der Waals surface area contributed by atoms with E-state index in [2.05, 4.69) is 50.0 Å². The molecular weight excluding hydrogens is 522 g/mol. The first-order chi connectivity index (χ1) is 17.5. The van der Waals surface area contributed by atoms with Crippen molar-refractivity contribution in [3.8, 4) is 11.5 Å². The van der Waals surface area contributed by atoms with Crippen LogP contribution in [0.15, 0.2) is 94.5 Å². The number of rotatable bonds is 8. The molecule has 36 heavy (non-hydrogen) atoms. The molecule has 0 saturated heterocycles. The number of hydrazone groups is 1. The average molecular weight is 546 g/mol. The van der Waals surface area contributed by atoms with Crippen LogP contribution in [-0.2, 0) is 16.2 Å². The molecule has 0 unspecified atom stereocenters. The molecule has 0 saturated carbocycles. The number of amides is 2. The van der Waals surface area contributed by atoms with E-state index in [4.69, 9.17) is 9.47 Å². The number of benzene rings is 4. The van der Waals surface area contributed by atoms with E-state index in [1.807, 2.05) is 31.2 Å². The van der Waals surface area contributed by atoms with Crippen LogP contribution in [0.4, 0.5) is 5.69 Å². The van der Waals surface area contributed by atoms with Crippen LogP contribution in [0, 0.1) is 0 Å². The number of halogens is 1. The average Bonchev–Trinajstić information content (AvgIpc) is 2.89. The summed E-state index contributed by atoms with van der Waals surface area (Å²) in [4.78, 5) is 24.1. The first-order valence-electron chi connectivity index (χ1n) is 11.3. The summed E-state index contributed by atoms with van der Waals surface area (Å²) in [5, 5.41) is 8.69. The molecule has 2 N–H and O–H groups in total. The topological polar surface area (TPSA) is 89.0 Å². The normalized spacial score (nSPS) is 10.8. The summed E-state index contributed by atoms with van der Waals surface area (Å²) in [6.45, 7) is 2.73. The van der Waals surface area contributed by atoms with Crippen molar-refractivity contribution in [2.24, 2.45) is 5.10 Å². The predicted octanol–water partition coefficient (Wildman–Crippen LogP) is 5.67. The number of carbonyl (C=O) groups excluding carboxylic acids is 2. The summed E-state index contributed by atoms with van der Waals surface area (Å²) in [5.41, 5.74) is 4.48. The molecule has 2 amide bonds. The molecule has 0 fully saturated rings. The first-order valence-corrected chi connectivity index (χ1v) is 12.1. The van der Waals surface area contributed by atoms with Gasteiger partial charge in [-0.3, -0.25) is 9.59 Å². The summed E-state index contributed by atoms with van der Waals surface area (Å²) in [6, 6.07) is 26.5. The molecule has 0 aromatic heterocycles. The van der Waals surface area contributed by atoms with E-state index in [1.165, 1.54) is 6.21 Å². The lowest BCUT2D eigenvalue weighted by atomic mass is 10.1. The lowest BCUT2D eigenvalue weighted by Crippen LogP contribution is -2.32. The largest absolute Gasteiger partial charge is 0.490 e. The highest BCUT2D eigenvalue weighted by molar-refractivity contribution is 9.10. The third-order valence-electron chi connectivity index (χ3n) is 5.22. The van der Waals surface area contributed by atoms with Crippen LogP contribution in [0.3, 0.4) is 0 Å². The highest BCUT2D eigenvalue weighted by Crippen LogP contribution is 2.30. The van der Waals surface area contributed by atoms with Gasteiger partial charge >= 0.3 is 11.8 Å². The fourth-order valence-electron chi connectivity index (χ4n) is 3.50. The Bertz CT molecular complexity index is 1400. The highest BCUT2D eigenvalue weighted by atomic mass is 79.9. The molecule has 0 heterocycles. The van der Waals surface area contributed by atoms with Crippen LogP contribution in [-0.4, -0.2) is 24.6 Å². The molecular formula is C28H24BrN3O4. The molecule has 8 heteroatoms. The molecule has 0 bridgehead atoms. The molecule has 0 radical (unpaired) electrons. The lowest BCUT2D eigenvalue weighted by molar-refractivity contribution is -0.136. The summed E-state index contributed by atoms with van der Waals surface area (Å²) >= 11 is 3.32. The number of hydrogen-bond donors (Lipinski definition) is 2. The fourth-order valence-corrected chi connectivity index (χ4v) is 3.77. The van der Waals surface area contributed by atoms with Gasteiger partial charge in [-0.25, -0.2) is 5.43 Å². The lowest BCUT2D eigenvalue weighted by Gasteiger charge is -2.13. The van der Waals surface area contributed by atoms with Crippen LogP contribution in [0.2, 0.25) is 0 Å². The third-order valence-corrected chi connectivity index (χ3v) is 5.75. The molecule has 0 aliphatic heterocycles. The van der Waals surface area contributed by atoms with Gasteiger partial charge in [0.15, 0.2) is 11.5 Å². The van der Waals surface area contributed by atoms with Crippen LogP contribution >= 0.6 is 15.9 Å². The van der Waals surface area contributed by atoms with Crippen molar-refractivity contribution in [2.45, 2.75) is 13.5 Å². The number of ether oxygens (including phenoxy) is 2. The van der Waals surface area contributed by atoms with Gasteiger partial charge in [0.25, 0.3) is 0 Å². The minimum absolute atomic E-state index is 0.387. The Morgan fingerprint density at radius 3 is 2.47 bits per heavy atom. The van der Waals surface area contributed by atoms with E-state index in [0.29, 0.717) is 36.0 Å². The minimum Gasteiger partial charge on any atom is -0.490 e. The van der Waals surface area contributed by atoms with E-state index >= 15 is 0 Å². The maximum absolute atomic E-state index is 12.1. The van der Waals surface area contributed by atoms with Gasteiger partial charge in [-0.1, -0.05) is 58.4 Å². The second kappa shape index (κ2) is 12.0. The Labute approximate surface area is 217 Å². The second-order valence-electron chi connectivity index (χ2n) is 7.73. The Hall–Kier alpha value is -4.17. The second-order valence-corrected chi connectivity index (χ2v) is 8.64. The number of carbonyl (C=O) groups is 2. The molecule has 4 aromatic carbocycles. The Morgan fingerprint density at radius 2 is 1.67 bits per heavy atom. The quantitative estimate of drug-likeness (QED) is 0.169. The van der Waals surface area contributed by atoms with Crippen molar-refractivity contribution in [1.82, 2.24) is 5.43 Å². The SMILES string of the molecule is CCOc1cc(C=NNC(=O)C(=O)Nc2ccc(Br)cc2)ccc1OCc1cccc2ccccc12. The van der Waals surface area contributed by atoms with Crippen LogP contribution in [0.25, 0.3) is 10.8 Å². The summed E-state index contributed by atoms with van der Waals surface area (Å²) in [7, 11) is 0. The predicted molar refractivity (Wildman–Crippen MR) is 144 cm³/mol. The fraction of sp³-hybridized carbons (Fsp3) is 0.107. The first kappa shape index (κ1) is 24.9. The standard InChI is InChI=1S/C28H24BrN3O4/c1-2-35-26-16-19(17-30-32-28(34)27(33)31-23-13-11-22(29)12-14-23)10-15-25(26)36-18-21-8-5-7-20-6-3-4-9-24(20)21/h3-17H,2,18H2,1H3,(H,31,33)(H,32,34). The highest BCUT2D eigenvalue weighted by Gasteiger charge is 2.13. The van der Waals surface area contributed by atoms with E-state index in [0.717, 1.165) is 20.8 Å². The number of nitrogens with one attached hydrogen (secondary N) is 2. The third kappa shape index (κ3) is 6.49. The molecule has 4 aromatic rings. The van der Waals surface area contributed by atoms with Gasteiger partial charge in [0.2, 0.25) is 0 Å². The van der Waals surface area contributed by atoms with E-state index in [9.17, 15) is 9.59 Å². The smallest absolute Gasteiger partial charge is 0.329 e. The van der Waals surface area contributed by atoms with Gasteiger partial charge in [-0.05, 0) is 71.3 Å². The van der Waals surface area contributed by atoms with Crippen LogP contribution in [0.1, 0.15) is 18.1 Å². The molecule has 0 aliphatic rings. The van der Waals surface area contributed by atoms with Crippen molar-refractivity contribution in [2.75, 3.05) is 11.9 Å². The van der Waals surface area contributed by atoms with Crippen LogP contribution < -0.4 is 20.2 Å². The van der Waals surface area contributed by atoms with Gasteiger partial charge in [0.05, 0.1) is 12.8 Å². The van der Waals surface area contributed by atoms with Crippen molar-refractivity contribution >= 4 is 50.4 Å². The van der Waals surface area contributed by atoms with Crippen molar-refractivity contribution < 1.29 is 19.1 Å². The molecule has 7 nitrogen and oxygen atoms in total. The van der Waals surface area contributed by atoms with Gasteiger partial charge < -0.3 is 14.8 Å². The van der Waals surface area contributed by atoms with Crippen LogP contribution in [0.5, 0.6) is 11.5 Å². The number of anilines is 1. The van der Waals surface area contributed by atoms with Crippen molar-refractivity contribution in [1.29, 1.82) is 0 Å². The van der Waals surface area contributed by atoms with E-state index in [1.54, 1.807) is 42.5 Å². The van der Waals surface area contributed by atoms with E-state index in [-0.39, 0.29) is 0 Å². The molecule has 4 rings (SSSR count). The molecule has 0 spiro atoms. The summed E-state index contributed by atoms with van der Waals surface area (Å²) in [6.07, 6.45) is 1.43. The van der Waals surface area contributed by atoms with E-state index < -0.39 is 11.8 Å². The maximum atomic E-state index is 12.1. The van der Waals surface area contributed by atoms with Gasteiger partial charge in [-0.15, -0.1) is 0 Å². The van der Waals surface area contributed by atoms with Gasteiger partial charge in [-0.2, -0.15) is 5.10 Å². The monoisotopic (exact) mass is 545 g/mol. The molecule has 0 aliphatic carbocycles. The van der Waals surface area contributed by atoms with Crippen molar-refractivity contribution in [3.05, 3.63) is 101 Å². The number of fused-ring (bicyclic) bond motifs is 1. The van der Waals surface area contributed by atoms with Gasteiger partial charge in [0, 0.05) is 10.2 Å². The maximum Gasteiger partial charge on any atom is 0.329 e. The number of hydrogen-bond acceptors (Lipinski definition) is 5. The molecule has 0 atom stereocenters. The Morgan fingerprint density at radius 1 is 0.889 bits per heavy atom. The van der Waals surface area contributed by atoms with Gasteiger partial charge in [0.1, 0.15) is 6.61 Å².